The molecular formula is C22H30N4O2. The third-order valence-corrected chi connectivity index (χ3v) is 7.48. The lowest BCUT2D eigenvalue weighted by atomic mass is 9.77. The molecule has 0 bridgehead atoms. The molecule has 2 aliphatic carbocycles. The molecule has 6 nitrogen and oxygen atoms in total. The summed E-state index contributed by atoms with van der Waals surface area (Å²) in [5, 5.41) is 0. The first kappa shape index (κ1) is 18.0. The van der Waals surface area contributed by atoms with Gasteiger partial charge in [0.25, 0.3) is 5.91 Å². The molecular weight excluding hydrogens is 352 g/mol. The maximum Gasteiger partial charge on any atom is 0.252 e. The Bertz CT molecular complexity index is 819. The molecule has 150 valence electrons. The Morgan fingerprint density at radius 2 is 2.04 bits per heavy atom. The second-order valence-corrected chi connectivity index (χ2v) is 9.29. The largest absolute Gasteiger partial charge is 0.365 e. The zero-order valence-corrected chi connectivity index (χ0v) is 16.6. The summed E-state index contributed by atoms with van der Waals surface area (Å²) in [6.07, 6.45) is 9.74. The maximum absolute atomic E-state index is 13.4. The van der Waals surface area contributed by atoms with E-state index in [9.17, 15) is 9.59 Å². The smallest absolute Gasteiger partial charge is 0.252 e. The van der Waals surface area contributed by atoms with Gasteiger partial charge in [-0.1, -0.05) is 6.42 Å². The Balaban J connectivity index is 1.39. The van der Waals surface area contributed by atoms with E-state index in [1.807, 2.05) is 6.07 Å². The van der Waals surface area contributed by atoms with Gasteiger partial charge in [0, 0.05) is 31.9 Å². The number of carbonyl (C=O) groups is 2. The van der Waals surface area contributed by atoms with Crippen molar-refractivity contribution in [3.8, 4) is 0 Å². The number of rotatable bonds is 4. The zero-order chi connectivity index (χ0) is 19.3. The molecule has 2 saturated heterocycles. The van der Waals surface area contributed by atoms with Gasteiger partial charge in [-0.3, -0.25) is 9.59 Å². The lowest BCUT2D eigenvalue weighted by Gasteiger charge is -2.42. The van der Waals surface area contributed by atoms with Crippen LogP contribution in [0.3, 0.4) is 0 Å². The number of aryl methyl sites for hydroxylation is 2. The maximum atomic E-state index is 13.4. The fraction of sp³-hybridized carbons (Fsp3) is 0.682. The molecule has 2 amide bonds. The van der Waals surface area contributed by atoms with Crippen molar-refractivity contribution < 1.29 is 9.59 Å². The van der Waals surface area contributed by atoms with E-state index in [-0.39, 0.29) is 5.41 Å². The number of nitrogens with two attached hydrogens (primary N) is 1. The Hall–Kier alpha value is -2.11. The van der Waals surface area contributed by atoms with Crippen LogP contribution in [-0.2, 0) is 17.6 Å². The highest BCUT2D eigenvalue weighted by Gasteiger charge is 2.49. The summed E-state index contributed by atoms with van der Waals surface area (Å²) in [7, 11) is 0. The zero-order valence-electron chi connectivity index (χ0n) is 16.6. The van der Waals surface area contributed by atoms with Gasteiger partial charge in [-0.25, -0.2) is 4.98 Å². The quantitative estimate of drug-likeness (QED) is 0.866. The van der Waals surface area contributed by atoms with E-state index in [1.54, 1.807) is 0 Å². The van der Waals surface area contributed by atoms with Gasteiger partial charge in [-0.15, -0.1) is 0 Å². The molecule has 1 saturated carbocycles. The molecule has 28 heavy (non-hydrogen) atoms. The lowest BCUT2D eigenvalue weighted by Crippen LogP contribution is -2.52. The number of amides is 2. The first-order chi connectivity index (χ1) is 13.6. The third-order valence-electron chi connectivity index (χ3n) is 7.48. The van der Waals surface area contributed by atoms with Crippen molar-refractivity contribution in [2.24, 2.45) is 17.1 Å². The summed E-state index contributed by atoms with van der Waals surface area (Å²) >= 11 is 0. The summed E-state index contributed by atoms with van der Waals surface area (Å²) in [6, 6.07) is 1.95. The minimum absolute atomic E-state index is 0.308. The monoisotopic (exact) mass is 382 g/mol. The SMILES string of the molecule is NC(=O)c1cc2c(nc1N1CC[C@]3(CCCN(CC4CCC4)C3=O)C1)CCC2. The fourth-order valence-electron chi connectivity index (χ4n) is 5.63. The van der Waals surface area contributed by atoms with Gasteiger partial charge in [-0.05, 0) is 68.9 Å². The second-order valence-electron chi connectivity index (χ2n) is 9.29. The van der Waals surface area contributed by atoms with Crippen molar-refractivity contribution in [1.29, 1.82) is 0 Å². The molecule has 1 aromatic rings. The standard InChI is InChI=1S/C22H30N4O2/c23-19(27)17-12-16-6-2-7-18(16)24-20(17)26-11-9-22(14-26)8-3-10-25(21(22)28)13-15-4-1-5-15/h12,15H,1-11,13-14H2,(H2,23,27)/t22-/m1/s1. The van der Waals surface area contributed by atoms with Crippen LogP contribution in [0.15, 0.2) is 6.07 Å². The molecule has 0 aromatic carbocycles. The molecule has 4 aliphatic rings. The Kier molecular flexibility index (Phi) is 4.33. The van der Waals surface area contributed by atoms with Crippen molar-refractivity contribution in [3.63, 3.8) is 0 Å². The normalized spacial score (nSPS) is 27.4. The first-order valence-electron chi connectivity index (χ1n) is 10.9. The summed E-state index contributed by atoms with van der Waals surface area (Å²) in [5.74, 6) is 1.32. The predicted molar refractivity (Wildman–Crippen MR) is 107 cm³/mol. The molecule has 0 radical (unpaired) electrons. The summed E-state index contributed by atoms with van der Waals surface area (Å²) in [4.78, 5) is 34.6. The number of pyridine rings is 1. The van der Waals surface area contributed by atoms with Gasteiger partial charge in [0.1, 0.15) is 5.82 Å². The van der Waals surface area contributed by atoms with Gasteiger partial charge in [0.05, 0.1) is 11.0 Å². The van der Waals surface area contributed by atoms with E-state index in [4.69, 9.17) is 10.7 Å². The van der Waals surface area contributed by atoms with Crippen molar-refractivity contribution in [2.75, 3.05) is 31.1 Å². The van der Waals surface area contributed by atoms with Crippen LogP contribution in [0.5, 0.6) is 0 Å². The van der Waals surface area contributed by atoms with E-state index < -0.39 is 5.91 Å². The van der Waals surface area contributed by atoms with Crippen LogP contribution in [-0.4, -0.2) is 47.9 Å². The number of carbonyl (C=O) groups excluding carboxylic acids is 2. The molecule has 2 aliphatic heterocycles. The number of aromatic nitrogens is 1. The van der Waals surface area contributed by atoms with Crippen LogP contribution in [0.25, 0.3) is 0 Å². The molecule has 1 aromatic heterocycles. The van der Waals surface area contributed by atoms with E-state index in [0.29, 0.717) is 29.8 Å². The molecule has 2 N–H and O–H groups in total. The number of hydrogen-bond donors (Lipinski definition) is 1. The van der Waals surface area contributed by atoms with Crippen LogP contribution in [0.1, 0.15) is 66.6 Å². The molecule has 5 rings (SSSR count). The number of piperidine rings is 1. The first-order valence-corrected chi connectivity index (χ1v) is 10.9. The van der Waals surface area contributed by atoms with Gasteiger partial charge in [0.15, 0.2) is 0 Å². The predicted octanol–water partition coefficient (Wildman–Crippen LogP) is 2.29. The minimum atomic E-state index is -0.417. The van der Waals surface area contributed by atoms with E-state index in [1.165, 1.54) is 19.3 Å². The van der Waals surface area contributed by atoms with Crippen molar-refractivity contribution in [2.45, 2.75) is 57.8 Å². The van der Waals surface area contributed by atoms with Crippen molar-refractivity contribution in [3.05, 3.63) is 22.9 Å². The Morgan fingerprint density at radius 3 is 2.79 bits per heavy atom. The van der Waals surface area contributed by atoms with Crippen LogP contribution < -0.4 is 10.6 Å². The Labute approximate surface area is 166 Å². The number of nitrogens with zero attached hydrogens (tertiary/aromatic N) is 3. The van der Waals surface area contributed by atoms with E-state index >= 15 is 0 Å². The van der Waals surface area contributed by atoms with Crippen LogP contribution in [0.4, 0.5) is 5.82 Å². The molecule has 1 spiro atoms. The second kappa shape index (κ2) is 6.75. The Morgan fingerprint density at radius 1 is 1.18 bits per heavy atom. The molecule has 0 unspecified atom stereocenters. The van der Waals surface area contributed by atoms with Gasteiger partial charge < -0.3 is 15.5 Å². The van der Waals surface area contributed by atoms with Crippen LogP contribution in [0.2, 0.25) is 0 Å². The van der Waals surface area contributed by atoms with Crippen molar-refractivity contribution in [1.82, 2.24) is 9.88 Å². The van der Waals surface area contributed by atoms with E-state index in [2.05, 4.69) is 9.80 Å². The van der Waals surface area contributed by atoms with Gasteiger partial charge in [-0.2, -0.15) is 0 Å². The van der Waals surface area contributed by atoms with Crippen molar-refractivity contribution >= 4 is 17.6 Å². The summed E-state index contributed by atoms with van der Waals surface area (Å²) < 4.78 is 0. The lowest BCUT2D eigenvalue weighted by molar-refractivity contribution is -0.146. The molecule has 3 heterocycles. The fourth-order valence-corrected chi connectivity index (χ4v) is 5.63. The van der Waals surface area contributed by atoms with Crippen LogP contribution >= 0.6 is 0 Å². The van der Waals surface area contributed by atoms with Gasteiger partial charge >= 0.3 is 0 Å². The number of anilines is 1. The molecule has 1 atom stereocenters. The average Bonchev–Trinajstić information content (AvgIpc) is 3.27. The number of likely N-dealkylation sites (tertiary alicyclic amines) is 1. The highest BCUT2D eigenvalue weighted by atomic mass is 16.2. The van der Waals surface area contributed by atoms with Crippen LogP contribution in [0, 0.1) is 11.3 Å². The summed E-state index contributed by atoms with van der Waals surface area (Å²) in [6.45, 7) is 3.28. The minimum Gasteiger partial charge on any atom is -0.365 e. The number of fused-ring (bicyclic) bond motifs is 1. The third kappa shape index (κ3) is 2.88. The average molecular weight is 383 g/mol. The molecule has 3 fully saturated rings. The van der Waals surface area contributed by atoms with Gasteiger partial charge in [0.2, 0.25) is 5.91 Å². The summed E-state index contributed by atoms with van der Waals surface area (Å²) in [5.41, 5.74) is 8.16. The van der Waals surface area contributed by atoms with E-state index in [0.717, 1.165) is 69.4 Å². The highest BCUT2D eigenvalue weighted by molar-refractivity contribution is 5.98. The number of primary amides is 1. The highest BCUT2D eigenvalue weighted by Crippen LogP contribution is 2.43. The number of hydrogen-bond acceptors (Lipinski definition) is 4. The molecule has 6 heteroatoms. The topological polar surface area (TPSA) is 79.5 Å².